The molecular formula is C22H24S. The van der Waals surface area contributed by atoms with Gasteiger partial charge in [-0.15, -0.1) is 11.3 Å². The van der Waals surface area contributed by atoms with Crippen molar-refractivity contribution in [3.63, 3.8) is 0 Å². The lowest BCUT2D eigenvalue weighted by atomic mass is 9.80. The van der Waals surface area contributed by atoms with E-state index in [0.29, 0.717) is 5.92 Å². The Hall–Kier alpha value is -1.60. The Kier molecular flexibility index (Phi) is 4.48. The summed E-state index contributed by atoms with van der Waals surface area (Å²) in [4.78, 5) is 1.53. The molecule has 2 aromatic carbocycles. The van der Waals surface area contributed by atoms with E-state index >= 15 is 0 Å². The summed E-state index contributed by atoms with van der Waals surface area (Å²) in [5.74, 6) is 1.48. The summed E-state index contributed by atoms with van der Waals surface area (Å²) >= 11 is 1.92. The van der Waals surface area contributed by atoms with E-state index in [1.165, 1.54) is 59.7 Å². The highest BCUT2D eigenvalue weighted by Gasteiger charge is 2.22. The molecule has 118 valence electrons. The Morgan fingerprint density at radius 2 is 1.70 bits per heavy atom. The van der Waals surface area contributed by atoms with Gasteiger partial charge in [0, 0.05) is 10.8 Å². The van der Waals surface area contributed by atoms with Crippen LogP contribution in [-0.2, 0) is 0 Å². The molecule has 0 saturated heterocycles. The van der Waals surface area contributed by atoms with Crippen LogP contribution in [-0.4, -0.2) is 0 Å². The molecule has 1 aliphatic rings. The molecule has 1 heterocycles. The van der Waals surface area contributed by atoms with Crippen molar-refractivity contribution in [3.8, 4) is 0 Å². The van der Waals surface area contributed by atoms with Crippen LogP contribution >= 0.6 is 11.3 Å². The summed E-state index contributed by atoms with van der Waals surface area (Å²) < 4.78 is 0. The molecule has 1 saturated carbocycles. The molecule has 0 N–H and O–H groups in total. The Morgan fingerprint density at radius 1 is 0.870 bits per heavy atom. The summed E-state index contributed by atoms with van der Waals surface area (Å²) in [6.45, 7) is 0. The van der Waals surface area contributed by atoms with Crippen molar-refractivity contribution in [2.45, 2.75) is 44.4 Å². The van der Waals surface area contributed by atoms with Crippen LogP contribution in [0.3, 0.4) is 0 Å². The number of rotatable bonds is 4. The predicted octanol–water partition coefficient (Wildman–Crippen LogP) is 7.00. The van der Waals surface area contributed by atoms with Crippen molar-refractivity contribution in [3.05, 3.63) is 70.4 Å². The van der Waals surface area contributed by atoms with Gasteiger partial charge in [-0.25, -0.2) is 0 Å². The minimum Gasteiger partial charge on any atom is -0.148 e. The molecule has 1 fully saturated rings. The second-order valence-electron chi connectivity index (χ2n) is 6.91. The van der Waals surface area contributed by atoms with Gasteiger partial charge < -0.3 is 0 Å². The van der Waals surface area contributed by atoms with E-state index in [-0.39, 0.29) is 0 Å². The van der Waals surface area contributed by atoms with Crippen LogP contribution in [0.15, 0.2) is 60.0 Å². The van der Waals surface area contributed by atoms with E-state index in [0.717, 1.165) is 5.92 Å². The summed E-state index contributed by atoms with van der Waals surface area (Å²) in [7, 11) is 0. The zero-order valence-electron chi connectivity index (χ0n) is 13.6. The third-order valence-electron chi connectivity index (χ3n) is 5.36. The molecule has 1 aliphatic carbocycles. The molecule has 3 aromatic rings. The third-order valence-corrected chi connectivity index (χ3v) is 6.34. The first kappa shape index (κ1) is 15.0. The normalized spacial score (nSPS) is 17.4. The van der Waals surface area contributed by atoms with Crippen LogP contribution in [0.5, 0.6) is 0 Å². The maximum absolute atomic E-state index is 2.42. The van der Waals surface area contributed by atoms with Gasteiger partial charge in [0.05, 0.1) is 0 Å². The minimum atomic E-state index is 0.572. The number of hydrogen-bond donors (Lipinski definition) is 0. The van der Waals surface area contributed by atoms with Crippen molar-refractivity contribution < 1.29 is 0 Å². The number of benzene rings is 2. The van der Waals surface area contributed by atoms with Gasteiger partial charge in [0.15, 0.2) is 0 Å². The summed E-state index contributed by atoms with van der Waals surface area (Å²) in [6, 6.07) is 20.3. The zero-order chi connectivity index (χ0) is 15.5. The van der Waals surface area contributed by atoms with Gasteiger partial charge >= 0.3 is 0 Å². The highest BCUT2D eigenvalue weighted by atomic mass is 32.1. The van der Waals surface area contributed by atoms with Crippen molar-refractivity contribution in [2.75, 3.05) is 0 Å². The number of fused-ring (bicyclic) bond motifs is 1. The SMILES string of the molecule is c1csc([C@H](CC2CCCCC2)c2ccc3ccccc3c2)c1. The fourth-order valence-electron chi connectivity index (χ4n) is 4.09. The van der Waals surface area contributed by atoms with Crippen LogP contribution < -0.4 is 0 Å². The smallest absolute Gasteiger partial charge is 0.0186 e. The lowest BCUT2D eigenvalue weighted by molar-refractivity contribution is 0.328. The predicted molar refractivity (Wildman–Crippen MR) is 101 cm³/mol. The molecule has 0 aliphatic heterocycles. The van der Waals surface area contributed by atoms with Gasteiger partial charge in [-0.05, 0) is 40.1 Å². The average molecular weight is 321 g/mol. The Bertz CT molecular complexity index is 751. The molecule has 4 rings (SSSR count). The second kappa shape index (κ2) is 6.88. The first-order valence-electron chi connectivity index (χ1n) is 8.92. The topological polar surface area (TPSA) is 0 Å². The van der Waals surface area contributed by atoms with Crippen molar-refractivity contribution in [2.24, 2.45) is 5.92 Å². The highest BCUT2D eigenvalue weighted by molar-refractivity contribution is 7.10. The average Bonchev–Trinajstić information content (AvgIpc) is 3.14. The zero-order valence-corrected chi connectivity index (χ0v) is 14.4. The van der Waals surface area contributed by atoms with Gasteiger partial charge in [0.1, 0.15) is 0 Å². The van der Waals surface area contributed by atoms with E-state index in [2.05, 4.69) is 60.0 Å². The first-order chi connectivity index (χ1) is 11.4. The quantitative estimate of drug-likeness (QED) is 0.485. The molecule has 0 nitrogen and oxygen atoms in total. The second-order valence-corrected chi connectivity index (χ2v) is 7.89. The molecule has 0 spiro atoms. The van der Waals surface area contributed by atoms with Gasteiger partial charge in [0.25, 0.3) is 0 Å². The van der Waals surface area contributed by atoms with E-state index in [1.54, 1.807) is 0 Å². The molecule has 1 aromatic heterocycles. The maximum Gasteiger partial charge on any atom is 0.0186 e. The molecule has 0 unspecified atom stereocenters. The first-order valence-corrected chi connectivity index (χ1v) is 9.80. The van der Waals surface area contributed by atoms with Crippen molar-refractivity contribution >= 4 is 22.1 Å². The summed E-state index contributed by atoms with van der Waals surface area (Å²) in [5, 5.41) is 4.94. The number of thiophene rings is 1. The van der Waals surface area contributed by atoms with Crippen LogP contribution in [0.4, 0.5) is 0 Å². The van der Waals surface area contributed by atoms with Gasteiger partial charge in [-0.2, -0.15) is 0 Å². The summed E-state index contributed by atoms with van der Waals surface area (Å²) in [5.41, 5.74) is 1.50. The molecule has 0 radical (unpaired) electrons. The fourth-order valence-corrected chi connectivity index (χ4v) is 4.95. The lowest BCUT2D eigenvalue weighted by Crippen LogP contribution is -2.11. The Morgan fingerprint density at radius 3 is 2.48 bits per heavy atom. The molecule has 0 amide bonds. The molecular weight excluding hydrogens is 296 g/mol. The van der Waals surface area contributed by atoms with Gasteiger partial charge in [-0.1, -0.05) is 80.6 Å². The molecule has 1 heteroatoms. The van der Waals surface area contributed by atoms with Crippen molar-refractivity contribution in [1.82, 2.24) is 0 Å². The Labute approximate surface area is 143 Å². The lowest BCUT2D eigenvalue weighted by Gasteiger charge is -2.26. The van der Waals surface area contributed by atoms with E-state index < -0.39 is 0 Å². The van der Waals surface area contributed by atoms with Crippen molar-refractivity contribution in [1.29, 1.82) is 0 Å². The van der Waals surface area contributed by atoms with Crippen LogP contribution in [0.2, 0.25) is 0 Å². The van der Waals surface area contributed by atoms with Gasteiger partial charge in [-0.3, -0.25) is 0 Å². The van der Waals surface area contributed by atoms with Crippen LogP contribution in [0, 0.1) is 5.92 Å². The van der Waals surface area contributed by atoms with Crippen LogP contribution in [0.1, 0.15) is 54.9 Å². The number of hydrogen-bond acceptors (Lipinski definition) is 1. The monoisotopic (exact) mass is 320 g/mol. The van der Waals surface area contributed by atoms with E-state index in [4.69, 9.17) is 0 Å². The molecule has 23 heavy (non-hydrogen) atoms. The molecule has 1 atom stereocenters. The Balaban J connectivity index is 1.68. The largest absolute Gasteiger partial charge is 0.148 e. The fraction of sp³-hybridized carbons (Fsp3) is 0.364. The van der Waals surface area contributed by atoms with E-state index in [1.807, 2.05) is 11.3 Å². The standard InChI is InChI=1S/C22H24S/c1-2-7-17(8-3-1)15-21(22-11-6-14-23-22)20-13-12-18-9-4-5-10-19(18)16-20/h4-6,9-14,16-17,21H,1-3,7-8,15H2/t21-/m1/s1. The third kappa shape index (κ3) is 3.35. The van der Waals surface area contributed by atoms with E-state index in [9.17, 15) is 0 Å². The maximum atomic E-state index is 2.42. The molecule has 0 bridgehead atoms. The minimum absolute atomic E-state index is 0.572. The van der Waals surface area contributed by atoms with Gasteiger partial charge in [0.2, 0.25) is 0 Å². The van der Waals surface area contributed by atoms with Crippen LogP contribution in [0.25, 0.3) is 10.8 Å². The highest BCUT2D eigenvalue weighted by Crippen LogP contribution is 2.39. The summed E-state index contributed by atoms with van der Waals surface area (Å²) in [6.07, 6.45) is 8.47.